The summed E-state index contributed by atoms with van der Waals surface area (Å²) in [5.41, 5.74) is 5.42. The lowest BCUT2D eigenvalue weighted by Gasteiger charge is -2.36. The molecule has 1 unspecified atom stereocenters. The monoisotopic (exact) mass is 351 g/mol. The van der Waals surface area contributed by atoms with E-state index in [0.717, 1.165) is 6.54 Å². The van der Waals surface area contributed by atoms with Gasteiger partial charge in [0, 0.05) is 13.0 Å². The van der Waals surface area contributed by atoms with Crippen LogP contribution >= 0.6 is 0 Å². The van der Waals surface area contributed by atoms with E-state index >= 15 is 0 Å². The van der Waals surface area contributed by atoms with E-state index in [1.165, 1.54) is 0 Å². The largest absolute Gasteiger partial charge is 0.477 e. The minimum Gasteiger partial charge on any atom is -0.364 e. The van der Waals surface area contributed by atoms with Gasteiger partial charge in [0.2, 0.25) is 6.04 Å². The van der Waals surface area contributed by atoms with Gasteiger partial charge in [-0.05, 0) is 19.4 Å². The van der Waals surface area contributed by atoms with Gasteiger partial charge in [0.15, 0.2) is 0 Å². The Morgan fingerprint density at radius 1 is 1.39 bits per heavy atom. The number of hydrogen-bond donors (Lipinski definition) is 3. The Kier molecular flexibility index (Phi) is 4.06. The smallest absolute Gasteiger partial charge is 0.364 e. The summed E-state index contributed by atoms with van der Waals surface area (Å²) in [5, 5.41) is 3.67. The normalized spacial score (nSPS) is 37.3. The highest BCUT2D eigenvalue weighted by Gasteiger charge is 2.66. The van der Waals surface area contributed by atoms with E-state index < -0.39 is 39.1 Å². The van der Waals surface area contributed by atoms with Gasteiger partial charge in [-0.15, -0.1) is 9.35 Å². The molecule has 2 bridgehead atoms. The minimum atomic E-state index is -4.86. The fourth-order valence-corrected chi connectivity index (χ4v) is 3.89. The highest BCUT2D eigenvalue weighted by molar-refractivity contribution is 7.80. The van der Waals surface area contributed by atoms with Crippen molar-refractivity contribution in [2.45, 2.75) is 37.5 Å². The topological polar surface area (TPSA) is 148 Å². The second kappa shape index (κ2) is 5.65. The van der Waals surface area contributed by atoms with Crippen LogP contribution in [-0.2, 0) is 24.3 Å². The number of piperidine rings is 1. The zero-order valence-corrected chi connectivity index (χ0v) is 13.1. The molecule has 3 aliphatic heterocycles. The average Bonchev–Trinajstić information content (AvgIpc) is 3.00. The van der Waals surface area contributed by atoms with Crippen molar-refractivity contribution >= 4 is 22.3 Å². The molecular formula is C11H19N4O7S+. The van der Waals surface area contributed by atoms with Crippen molar-refractivity contribution in [3.63, 3.8) is 0 Å². The Bertz CT molecular complexity index is 620. The van der Waals surface area contributed by atoms with E-state index in [-0.39, 0.29) is 19.1 Å². The van der Waals surface area contributed by atoms with Gasteiger partial charge in [0.1, 0.15) is 18.7 Å². The summed E-state index contributed by atoms with van der Waals surface area (Å²) in [4.78, 5) is 30.4. The van der Waals surface area contributed by atoms with E-state index in [2.05, 4.69) is 9.60 Å². The summed E-state index contributed by atoms with van der Waals surface area (Å²) >= 11 is 0. The molecule has 0 radical (unpaired) electrons. The van der Waals surface area contributed by atoms with Crippen molar-refractivity contribution < 1.29 is 36.3 Å². The first-order chi connectivity index (χ1) is 10.7. The van der Waals surface area contributed by atoms with Gasteiger partial charge in [-0.2, -0.15) is 13.3 Å². The molecule has 0 saturated carbocycles. The van der Waals surface area contributed by atoms with E-state index in [4.69, 9.17) is 15.1 Å². The van der Waals surface area contributed by atoms with Crippen LogP contribution in [0.5, 0.6) is 0 Å². The van der Waals surface area contributed by atoms with Crippen LogP contribution in [0.1, 0.15) is 19.3 Å². The molecule has 3 heterocycles. The van der Waals surface area contributed by atoms with Crippen LogP contribution in [0.4, 0.5) is 4.79 Å². The zero-order chi connectivity index (χ0) is 16.8. The highest BCUT2D eigenvalue weighted by Crippen LogP contribution is 2.39. The molecular weight excluding hydrogens is 332 g/mol. The number of rotatable bonds is 5. The molecule has 23 heavy (non-hydrogen) atoms. The Labute approximate surface area is 132 Å². The summed E-state index contributed by atoms with van der Waals surface area (Å²) < 4.78 is 34.5. The number of nitrogens with two attached hydrogens (primary N) is 1. The first-order valence-electron chi connectivity index (χ1n) is 7.30. The molecule has 11 nitrogen and oxygen atoms in total. The second-order valence-electron chi connectivity index (χ2n) is 5.96. The van der Waals surface area contributed by atoms with Crippen molar-refractivity contribution in [3.05, 3.63) is 0 Å². The standard InChI is InChI=1S/C11H18N4O7S/c12-10(16)9-2-1-7-6-15(9,21-8-3-4-13-5-8)11(17)14(7)22-23(18,19)20/h7-9,13H,1-6H2,(H2-,12,16,18,19,20)/p+1/t7-,8-,9+,15?/m1/s1. The third kappa shape index (κ3) is 2.93. The Morgan fingerprint density at radius 3 is 2.70 bits per heavy atom. The van der Waals surface area contributed by atoms with Crippen molar-refractivity contribution in [3.8, 4) is 0 Å². The lowest BCUT2D eigenvalue weighted by atomic mass is 10.00. The average molecular weight is 351 g/mol. The number of hydrogen-bond acceptors (Lipinski definition) is 7. The SMILES string of the molecule is NC(=O)[C@@H]1CC[C@@H]2C[N+]1(O[C@@H]1CCNC1)C(=O)N2OS(=O)(=O)O. The van der Waals surface area contributed by atoms with Gasteiger partial charge < -0.3 is 11.1 Å². The maximum Gasteiger partial charge on any atom is 0.477 e. The number of amides is 3. The first-order valence-corrected chi connectivity index (χ1v) is 8.66. The highest BCUT2D eigenvalue weighted by atomic mass is 32.3. The van der Waals surface area contributed by atoms with E-state index in [1.807, 2.05) is 0 Å². The van der Waals surface area contributed by atoms with Gasteiger partial charge in [-0.3, -0.25) is 9.35 Å². The van der Waals surface area contributed by atoms with Gasteiger partial charge in [0.25, 0.3) is 5.91 Å². The molecule has 0 aromatic heterocycles. The Balaban J connectivity index is 1.92. The number of fused-ring (bicyclic) bond motifs is 2. The van der Waals surface area contributed by atoms with Crippen LogP contribution in [-0.4, -0.2) is 72.4 Å². The van der Waals surface area contributed by atoms with Crippen LogP contribution in [0.15, 0.2) is 0 Å². The Hall–Kier alpha value is -1.31. The quantitative estimate of drug-likeness (QED) is 0.391. The second-order valence-corrected chi connectivity index (χ2v) is 6.96. The Morgan fingerprint density at radius 2 is 2.13 bits per heavy atom. The molecule has 3 rings (SSSR count). The van der Waals surface area contributed by atoms with Crippen LogP contribution in [0.2, 0.25) is 0 Å². The molecule has 0 aromatic rings. The van der Waals surface area contributed by atoms with Crippen LogP contribution < -0.4 is 11.1 Å². The molecule has 3 saturated heterocycles. The summed E-state index contributed by atoms with van der Waals surface area (Å²) in [7, 11) is -4.86. The number of carbonyl (C=O) groups excluding carboxylic acids is 2. The molecule has 3 aliphatic rings. The van der Waals surface area contributed by atoms with Gasteiger partial charge in [0.05, 0.1) is 0 Å². The molecule has 130 valence electrons. The molecule has 3 amide bonds. The van der Waals surface area contributed by atoms with Crippen LogP contribution in [0.25, 0.3) is 0 Å². The van der Waals surface area contributed by atoms with Crippen molar-refractivity contribution in [1.82, 2.24) is 10.4 Å². The van der Waals surface area contributed by atoms with Crippen molar-refractivity contribution in [2.75, 3.05) is 19.6 Å². The number of hydroxylamine groups is 5. The molecule has 0 aromatic carbocycles. The van der Waals surface area contributed by atoms with E-state index in [9.17, 15) is 18.0 Å². The lowest BCUT2D eigenvalue weighted by Crippen LogP contribution is -2.64. The summed E-state index contributed by atoms with van der Waals surface area (Å²) in [6, 6.07) is -2.38. The molecule has 3 fully saturated rings. The number of urea groups is 1. The number of carbonyl (C=O) groups is 2. The summed E-state index contributed by atoms with van der Waals surface area (Å²) in [5.74, 6) is -0.698. The van der Waals surface area contributed by atoms with E-state index in [0.29, 0.717) is 24.4 Å². The van der Waals surface area contributed by atoms with Crippen LogP contribution in [0, 0.1) is 0 Å². The first kappa shape index (κ1) is 16.5. The fourth-order valence-electron chi connectivity index (χ4n) is 3.50. The molecule has 4 atom stereocenters. The number of nitrogens with zero attached hydrogens (tertiary/aromatic N) is 2. The maximum atomic E-state index is 12.7. The number of quaternary nitrogens is 1. The van der Waals surface area contributed by atoms with Gasteiger partial charge in [-0.1, -0.05) is 4.65 Å². The minimum absolute atomic E-state index is 0.0401. The molecule has 12 heteroatoms. The molecule has 0 aliphatic carbocycles. The number of nitrogens with one attached hydrogen (secondary N) is 1. The predicted molar refractivity (Wildman–Crippen MR) is 73.4 cm³/mol. The summed E-state index contributed by atoms with van der Waals surface area (Å²) in [6.45, 7) is 1.27. The maximum absolute atomic E-state index is 12.7. The summed E-state index contributed by atoms with van der Waals surface area (Å²) in [6.07, 6.45) is 0.936. The molecule has 4 N–H and O–H groups in total. The lowest BCUT2D eigenvalue weighted by molar-refractivity contribution is -1.06. The third-order valence-electron chi connectivity index (χ3n) is 4.46. The van der Waals surface area contributed by atoms with Gasteiger partial charge >= 0.3 is 16.4 Å². The van der Waals surface area contributed by atoms with Gasteiger partial charge in [-0.25, -0.2) is 4.79 Å². The molecule has 0 spiro atoms. The van der Waals surface area contributed by atoms with E-state index in [1.54, 1.807) is 0 Å². The number of primary amides is 1. The van der Waals surface area contributed by atoms with Crippen molar-refractivity contribution in [2.24, 2.45) is 5.73 Å². The fraction of sp³-hybridized carbons (Fsp3) is 0.818. The zero-order valence-electron chi connectivity index (χ0n) is 12.3. The third-order valence-corrected chi connectivity index (χ3v) is 4.81. The predicted octanol–water partition coefficient (Wildman–Crippen LogP) is -1.72. The van der Waals surface area contributed by atoms with Crippen LogP contribution in [0.3, 0.4) is 0 Å². The van der Waals surface area contributed by atoms with Crippen molar-refractivity contribution in [1.29, 1.82) is 0 Å².